The molecular weight excluding hydrogens is 450 g/mol. The maximum atomic E-state index is 12.5. The van der Waals surface area contributed by atoms with Gasteiger partial charge in [0, 0.05) is 22.3 Å². The Bertz CT molecular complexity index is 1270. The summed E-state index contributed by atoms with van der Waals surface area (Å²) in [6, 6.07) is 23.3. The van der Waals surface area contributed by atoms with Crippen molar-refractivity contribution in [1.29, 1.82) is 0 Å². The van der Waals surface area contributed by atoms with E-state index in [2.05, 4.69) is 15.5 Å². The number of hydrogen-bond donors (Lipinski definition) is 1. The zero-order valence-corrected chi connectivity index (χ0v) is 18.1. The summed E-state index contributed by atoms with van der Waals surface area (Å²) in [5.41, 5.74) is 1.55. The average Bonchev–Trinajstić information content (AvgIpc) is 3.24. The van der Waals surface area contributed by atoms with E-state index in [9.17, 15) is 14.9 Å². The lowest BCUT2D eigenvalue weighted by Crippen LogP contribution is -2.15. The predicted octanol–water partition coefficient (Wildman–Crippen LogP) is 5.23. The van der Waals surface area contributed by atoms with Gasteiger partial charge in [-0.3, -0.25) is 19.5 Å². The maximum absolute atomic E-state index is 12.5. The normalized spacial score (nSPS) is 10.7. The Morgan fingerprint density at radius 3 is 2.41 bits per heavy atom. The highest BCUT2D eigenvalue weighted by Gasteiger charge is 2.19. The molecule has 0 saturated carbocycles. The molecule has 0 fully saturated rings. The first kappa shape index (κ1) is 21.5. The second-order valence-corrected chi connectivity index (χ2v) is 7.98. The van der Waals surface area contributed by atoms with Crippen molar-refractivity contribution < 1.29 is 9.72 Å². The minimum absolute atomic E-state index is 0.0143. The number of halogens is 1. The Balaban J connectivity index is 1.57. The molecular formula is C22H16ClN5O3S. The number of nitrogens with zero attached hydrogens (tertiary/aromatic N) is 4. The number of carbonyl (C=O) groups is 1. The Kier molecular flexibility index (Phi) is 6.48. The van der Waals surface area contributed by atoms with Crippen molar-refractivity contribution >= 4 is 40.6 Å². The summed E-state index contributed by atoms with van der Waals surface area (Å²) in [7, 11) is 0. The van der Waals surface area contributed by atoms with Crippen LogP contribution in [0.2, 0.25) is 5.02 Å². The van der Waals surface area contributed by atoms with Crippen molar-refractivity contribution in [2.24, 2.45) is 0 Å². The molecule has 0 aliphatic rings. The van der Waals surface area contributed by atoms with E-state index < -0.39 is 10.8 Å². The van der Waals surface area contributed by atoms with Gasteiger partial charge < -0.3 is 5.32 Å². The molecule has 1 aromatic heterocycles. The molecule has 0 radical (unpaired) electrons. The SMILES string of the molecule is O=C(CSc1nnc(-c2ccccc2)n1-c1ccccc1)Nc1ccc(Cl)cc1[N+](=O)[O-]. The molecule has 0 bridgehead atoms. The van der Waals surface area contributed by atoms with Crippen molar-refractivity contribution in [2.45, 2.75) is 5.16 Å². The van der Waals surface area contributed by atoms with E-state index in [0.29, 0.717) is 11.0 Å². The summed E-state index contributed by atoms with van der Waals surface area (Å²) in [6.07, 6.45) is 0. The average molecular weight is 466 g/mol. The first-order valence-corrected chi connectivity index (χ1v) is 10.8. The molecule has 8 nitrogen and oxygen atoms in total. The van der Waals surface area contributed by atoms with E-state index in [-0.39, 0.29) is 22.2 Å². The van der Waals surface area contributed by atoms with Gasteiger partial charge in [-0.15, -0.1) is 10.2 Å². The van der Waals surface area contributed by atoms with Gasteiger partial charge in [0.2, 0.25) is 5.91 Å². The quantitative estimate of drug-likeness (QED) is 0.228. The number of nitro benzene ring substituents is 1. The van der Waals surface area contributed by atoms with E-state index in [1.54, 1.807) is 0 Å². The number of para-hydroxylation sites is 1. The van der Waals surface area contributed by atoms with Gasteiger partial charge >= 0.3 is 0 Å². The zero-order valence-electron chi connectivity index (χ0n) is 16.5. The lowest BCUT2D eigenvalue weighted by Gasteiger charge is -2.10. The lowest BCUT2D eigenvalue weighted by molar-refractivity contribution is -0.383. The summed E-state index contributed by atoms with van der Waals surface area (Å²) >= 11 is 7.01. The molecule has 10 heteroatoms. The zero-order chi connectivity index (χ0) is 22.5. The monoisotopic (exact) mass is 465 g/mol. The standard InChI is InChI=1S/C22H16ClN5O3S/c23-16-11-12-18(19(13-16)28(30)31)24-20(29)14-32-22-26-25-21(15-7-3-1-4-8-15)27(22)17-9-5-2-6-10-17/h1-13H,14H2,(H,24,29). The van der Waals surface area contributed by atoms with Gasteiger partial charge in [0.05, 0.1) is 10.7 Å². The topological polar surface area (TPSA) is 103 Å². The molecule has 4 aromatic rings. The van der Waals surface area contributed by atoms with Crippen molar-refractivity contribution in [1.82, 2.24) is 14.8 Å². The van der Waals surface area contributed by atoms with Gasteiger partial charge in [-0.2, -0.15) is 0 Å². The molecule has 160 valence electrons. The number of aromatic nitrogens is 3. The minimum Gasteiger partial charge on any atom is -0.320 e. The van der Waals surface area contributed by atoms with Crippen LogP contribution in [0.3, 0.4) is 0 Å². The van der Waals surface area contributed by atoms with E-state index in [4.69, 9.17) is 11.6 Å². The first-order chi connectivity index (χ1) is 15.5. The van der Waals surface area contributed by atoms with Gasteiger partial charge in [-0.05, 0) is 24.3 Å². The Morgan fingerprint density at radius 1 is 1.03 bits per heavy atom. The Labute approximate surface area is 192 Å². The summed E-state index contributed by atoms with van der Waals surface area (Å²) in [5.74, 6) is 0.219. The number of nitrogens with one attached hydrogen (secondary N) is 1. The van der Waals surface area contributed by atoms with Crippen LogP contribution in [0.5, 0.6) is 0 Å². The summed E-state index contributed by atoms with van der Waals surface area (Å²) in [5, 5.41) is 23.2. The number of benzene rings is 3. The first-order valence-electron chi connectivity index (χ1n) is 9.46. The van der Waals surface area contributed by atoms with Crippen LogP contribution in [0.15, 0.2) is 84.0 Å². The third-order valence-electron chi connectivity index (χ3n) is 4.44. The molecule has 0 aliphatic heterocycles. The van der Waals surface area contributed by atoms with Crippen LogP contribution in [0.25, 0.3) is 17.1 Å². The largest absolute Gasteiger partial charge is 0.320 e. The molecule has 1 amide bonds. The number of thioether (sulfide) groups is 1. The molecule has 1 heterocycles. The van der Waals surface area contributed by atoms with Crippen LogP contribution in [0.1, 0.15) is 0 Å². The molecule has 32 heavy (non-hydrogen) atoms. The van der Waals surface area contributed by atoms with Gasteiger partial charge in [-0.1, -0.05) is 71.9 Å². The highest BCUT2D eigenvalue weighted by molar-refractivity contribution is 7.99. The number of hydrogen-bond acceptors (Lipinski definition) is 6. The smallest absolute Gasteiger partial charge is 0.294 e. The van der Waals surface area contributed by atoms with E-state index in [1.165, 1.54) is 30.0 Å². The highest BCUT2D eigenvalue weighted by atomic mass is 35.5. The third kappa shape index (κ3) is 4.79. The summed E-state index contributed by atoms with van der Waals surface area (Å²) in [4.78, 5) is 23.2. The molecule has 0 spiro atoms. The number of carbonyl (C=O) groups excluding carboxylic acids is 1. The second-order valence-electron chi connectivity index (χ2n) is 6.60. The third-order valence-corrected chi connectivity index (χ3v) is 5.61. The van der Waals surface area contributed by atoms with Crippen LogP contribution in [-0.4, -0.2) is 31.3 Å². The van der Waals surface area contributed by atoms with Gasteiger partial charge in [0.1, 0.15) is 5.69 Å². The van der Waals surface area contributed by atoms with Crippen molar-refractivity contribution in [3.05, 3.63) is 94.0 Å². The van der Waals surface area contributed by atoms with Crippen LogP contribution in [0, 0.1) is 10.1 Å². The van der Waals surface area contributed by atoms with E-state index in [0.717, 1.165) is 11.3 Å². The fourth-order valence-corrected chi connectivity index (χ4v) is 3.94. The van der Waals surface area contributed by atoms with Crippen LogP contribution in [-0.2, 0) is 4.79 Å². The summed E-state index contributed by atoms with van der Waals surface area (Å²) < 4.78 is 1.87. The van der Waals surface area contributed by atoms with Crippen molar-refractivity contribution in [2.75, 3.05) is 11.1 Å². The second kappa shape index (κ2) is 9.63. The molecule has 0 atom stereocenters. The molecule has 1 N–H and O–H groups in total. The summed E-state index contributed by atoms with van der Waals surface area (Å²) in [6.45, 7) is 0. The van der Waals surface area contributed by atoms with Crippen molar-refractivity contribution in [3.8, 4) is 17.1 Å². The molecule has 0 unspecified atom stereocenters. The highest BCUT2D eigenvalue weighted by Crippen LogP contribution is 2.30. The predicted molar refractivity (Wildman–Crippen MR) is 124 cm³/mol. The van der Waals surface area contributed by atoms with Crippen LogP contribution >= 0.6 is 23.4 Å². The number of amides is 1. The maximum Gasteiger partial charge on any atom is 0.294 e. The lowest BCUT2D eigenvalue weighted by atomic mass is 10.2. The number of anilines is 1. The van der Waals surface area contributed by atoms with E-state index in [1.807, 2.05) is 65.2 Å². The van der Waals surface area contributed by atoms with Crippen LogP contribution in [0.4, 0.5) is 11.4 Å². The Morgan fingerprint density at radius 2 is 1.72 bits per heavy atom. The molecule has 0 aliphatic carbocycles. The van der Waals surface area contributed by atoms with Gasteiger partial charge in [0.15, 0.2) is 11.0 Å². The molecule has 3 aromatic carbocycles. The molecule has 0 saturated heterocycles. The fourth-order valence-electron chi connectivity index (χ4n) is 3.03. The minimum atomic E-state index is -0.590. The van der Waals surface area contributed by atoms with Crippen LogP contribution < -0.4 is 5.32 Å². The van der Waals surface area contributed by atoms with Gasteiger partial charge in [-0.25, -0.2) is 0 Å². The van der Waals surface area contributed by atoms with E-state index >= 15 is 0 Å². The van der Waals surface area contributed by atoms with Crippen molar-refractivity contribution in [3.63, 3.8) is 0 Å². The Hall–Kier alpha value is -3.69. The fraction of sp³-hybridized carbons (Fsp3) is 0.0455. The number of nitro groups is 1. The van der Waals surface area contributed by atoms with Gasteiger partial charge in [0.25, 0.3) is 5.69 Å². The number of rotatable bonds is 7. The molecule has 4 rings (SSSR count).